The molecule has 0 aliphatic heterocycles. The van der Waals surface area contributed by atoms with E-state index in [1.54, 1.807) is 0 Å². The van der Waals surface area contributed by atoms with Gasteiger partial charge in [-0.2, -0.15) is 0 Å². The fraction of sp³-hybridized carbons (Fsp3) is 0.0625. The molecule has 0 spiro atoms. The second-order valence-corrected chi connectivity index (χ2v) is 6.33. The predicted octanol–water partition coefficient (Wildman–Crippen LogP) is 5.05. The Morgan fingerprint density at radius 1 is 1.05 bits per heavy atom. The highest BCUT2D eigenvalue weighted by Gasteiger charge is 2.11. The molecule has 0 bridgehead atoms. The molecule has 0 atom stereocenters. The van der Waals surface area contributed by atoms with Crippen molar-refractivity contribution in [2.24, 2.45) is 0 Å². The summed E-state index contributed by atoms with van der Waals surface area (Å²) in [7, 11) is 0. The highest BCUT2D eigenvalue weighted by molar-refractivity contribution is 9.11. The van der Waals surface area contributed by atoms with E-state index in [0.29, 0.717) is 12.1 Å². The van der Waals surface area contributed by atoms with Crippen LogP contribution in [0.5, 0.6) is 0 Å². The molecule has 4 heteroatoms. The van der Waals surface area contributed by atoms with Gasteiger partial charge in [0.25, 0.3) is 0 Å². The number of carbonyl (C=O) groups is 1. The van der Waals surface area contributed by atoms with Gasteiger partial charge in [0.05, 0.1) is 6.54 Å². The summed E-state index contributed by atoms with van der Waals surface area (Å²) in [5, 5.41) is 1.12. The first-order valence-electron chi connectivity index (χ1n) is 6.17. The average Bonchev–Trinajstić information content (AvgIpc) is 2.76. The van der Waals surface area contributed by atoms with Crippen LogP contribution in [0.2, 0.25) is 0 Å². The predicted molar refractivity (Wildman–Crippen MR) is 88.1 cm³/mol. The van der Waals surface area contributed by atoms with Crippen LogP contribution >= 0.6 is 31.9 Å². The van der Waals surface area contributed by atoms with Crippen LogP contribution in [-0.2, 0) is 6.54 Å². The average molecular weight is 393 g/mol. The third kappa shape index (κ3) is 2.58. The van der Waals surface area contributed by atoms with Crippen molar-refractivity contribution in [2.45, 2.75) is 6.54 Å². The minimum atomic E-state index is 0.0968. The standard InChI is InChI=1S/C16H11Br2NO/c17-12-5-3-4-11(8-12)16(20)10-19-9-14(18)13-6-1-2-7-15(13)19/h1-9H,10H2. The van der Waals surface area contributed by atoms with Gasteiger partial charge in [-0.25, -0.2) is 0 Å². The van der Waals surface area contributed by atoms with Crippen molar-refractivity contribution >= 4 is 48.5 Å². The quantitative estimate of drug-likeness (QED) is 0.571. The molecule has 2 aromatic carbocycles. The first-order chi connectivity index (χ1) is 9.65. The fourth-order valence-electron chi connectivity index (χ4n) is 2.24. The van der Waals surface area contributed by atoms with Crippen LogP contribution in [0.1, 0.15) is 10.4 Å². The molecule has 0 radical (unpaired) electrons. The molecule has 0 amide bonds. The number of carbonyl (C=O) groups excluding carboxylic acids is 1. The number of nitrogens with zero attached hydrogens (tertiary/aromatic N) is 1. The first kappa shape index (κ1) is 13.6. The van der Waals surface area contributed by atoms with E-state index in [4.69, 9.17) is 0 Å². The van der Waals surface area contributed by atoms with Gasteiger partial charge in [-0.1, -0.05) is 46.3 Å². The minimum absolute atomic E-state index is 0.0968. The van der Waals surface area contributed by atoms with E-state index in [2.05, 4.69) is 31.9 Å². The number of Topliss-reactive ketones (excluding diaryl/α,β-unsaturated/α-hetero) is 1. The Bertz CT molecular complexity index is 792. The van der Waals surface area contributed by atoms with Crippen LogP contribution in [0.15, 0.2) is 63.7 Å². The lowest BCUT2D eigenvalue weighted by Crippen LogP contribution is -2.09. The molecular weight excluding hydrogens is 382 g/mol. The largest absolute Gasteiger partial charge is 0.338 e. The number of hydrogen-bond donors (Lipinski definition) is 0. The van der Waals surface area contributed by atoms with Gasteiger partial charge in [0, 0.05) is 31.6 Å². The van der Waals surface area contributed by atoms with E-state index in [1.165, 1.54) is 0 Å². The van der Waals surface area contributed by atoms with Gasteiger partial charge in [0.15, 0.2) is 5.78 Å². The van der Waals surface area contributed by atoms with Gasteiger partial charge < -0.3 is 4.57 Å². The van der Waals surface area contributed by atoms with Gasteiger partial charge in [0.2, 0.25) is 0 Å². The summed E-state index contributed by atoms with van der Waals surface area (Å²) < 4.78 is 3.90. The monoisotopic (exact) mass is 391 g/mol. The molecule has 0 aliphatic rings. The summed E-state index contributed by atoms with van der Waals surface area (Å²) in [5.74, 6) is 0.0968. The van der Waals surface area contributed by atoms with Crippen LogP contribution < -0.4 is 0 Å². The number of hydrogen-bond acceptors (Lipinski definition) is 1. The molecule has 0 aliphatic carbocycles. The van der Waals surface area contributed by atoms with E-state index in [9.17, 15) is 4.79 Å². The molecule has 0 fully saturated rings. The maximum atomic E-state index is 12.4. The topological polar surface area (TPSA) is 22.0 Å². The summed E-state index contributed by atoms with van der Waals surface area (Å²) in [5.41, 5.74) is 1.77. The lowest BCUT2D eigenvalue weighted by Gasteiger charge is -2.05. The third-order valence-corrected chi connectivity index (χ3v) is 4.33. The van der Waals surface area contributed by atoms with Crippen molar-refractivity contribution in [3.8, 4) is 0 Å². The molecule has 0 saturated heterocycles. The van der Waals surface area contributed by atoms with E-state index in [1.807, 2.05) is 59.3 Å². The fourth-order valence-corrected chi connectivity index (χ4v) is 3.22. The van der Waals surface area contributed by atoms with Gasteiger partial charge in [0.1, 0.15) is 0 Å². The first-order valence-corrected chi connectivity index (χ1v) is 7.76. The molecule has 100 valence electrons. The maximum Gasteiger partial charge on any atom is 0.182 e. The zero-order valence-electron chi connectivity index (χ0n) is 10.5. The van der Waals surface area contributed by atoms with Crippen molar-refractivity contribution in [3.05, 3.63) is 69.2 Å². The Kier molecular flexibility index (Phi) is 3.76. The lowest BCUT2D eigenvalue weighted by molar-refractivity contribution is 0.0973. The van der Waals surface area contributed by atoms with Crippen LogP contribution in [0.4, 0.5) is 0 Å². The molecular formula is C16H11Br2NO. The molecule has 0 unspecified atom stereocenters. The second-order valence-electron chi connectivity index (χ2n) is 4.56. The van der Waals surface area contributed by atoms with Crippen LogP contribution in [0.3, 0.4) is 0 Å². The Balaban J connectivity index is 1.95. The van der Waals surface area contributed by atoms with Gasteiger partial charge >= 0.3 is 0 Å². The van der Waals surface area contributed by atoms with Crippen molar-refractivity contribution in [2.75, 3.05) is 0 Å². The Morgan fingerprint density at radius 3 is 2.65 bits per heavy atom. The zero-order valence-corrected chi connectivity index (χ0v) is 13.7. The molecule has 1 heterocycles. The number of rotatable bonds is 3. The maximum absolute atomic E-state index is 12.4. The van der Waals surface area contributed by atoms with E-state index in [-0.39, 0.29) is 5.78 Å². The van der Waals surface area contributed by atoms with Crippen molar-refractivity contribution in [1.29, 1.82) is 0 Å². The summed E-state index contributed by atoms with van der Waals surface area (Å²) in [4.78, 5) is 12.4. The Hall–Kier alpha value is -1.39. The zero-order chi connectivity index (χ0) is 14.1. The summed E-state index contributed by atoms with van der Waals surface area (Å²) in [6.07, 6.45) is 1.96. The number of halogens is 2. The summed E-state index contributed by atoms with van der Waals surface area (Å²) in [6.45, 7) is 0.336. The SMILES string of the molecule is O=C(Cn1cc(Br)c2ccccc21)c1cccc(Br)c1. The van der Waals surface area contributed by atoms with Crippen molar-refractivity contribution in [3.63, 3.8) is 0 Å². The third-order valence-electron chi connectivity index (χ3n) is 3.20. The Labute approximate surface area is 133 Å². The molecule has 0 saturated carbocycles. The second kappa shape index (κ2) is 5.54. The minimum Gasteiger partial charge on any atom is -0.338 e. The van der Waals surface area contributed by atoms with Gasteiger partial charge in [-0.15, -0.1) is 0 Å². The summed E-state index contributed by atoms with van der Waals surface area (Å²) in [6, 6.07) is 15.5. The lowest BCUT2D eigenvalue weighted by atomic mass is 10.1. The molecule has 0 N–H and O–H groups in total. The van der Waals surface area contributed by atoms with E-state index < -0.39 is 0 Å². The van der Waals surface area contributed by atoms with E-state index >= 15 is 0 Å². The number of para-hydroxylation sites is 1. The molecule has 3 rings (SSSR count). The Morgan fingerprint density at radius 2 is 1.85 bits per heavy atom. The number of ketones is 1. The molecule has 20 heavy (non-hydrogen) atoms. The van der Waals surface area contributed by atoms with Crippen LogP contribution in [-0.4, -0.2) is 10.4 Å². The summed E-state index contributed by atoms with van der Waals surface area (Å²) >= 11 is 6.93. The molecule has 3 aromatic rings. The van der Waals surface area contributed by atoms with Crippen LogP contribution in [0.25, 0.3) is 10.9 Å². The number of fused-ring (bicyclic) bond motifs is 1. The van der Waals surface area contributed by atoms with Gasteiger partial charge in [-0.05, 0) is 34.1 Å². The smallest absolute Gasteiger partial charge is 0.182 e. The normalized spacial score (nSPS) is 10.9. The molecule has 1 aromatic heterocycles. The highest BCUT2D eigenvalue weighted by Crippen LogP contribution is 2.26. The highest BCUT2D eigenvalue weighted by atomic mass is 79.9. The number of benzene rings is 2. The van der Waals surface area contributed by atoms with Crippen molar-refractivity contribution in [1.82, 2.24) is 4.57 Å². The molecule has 2 nitrogen and oxygen atoms in total. The van der Waals surface area contributed by atoms with E-state index in [0.717, 1.165) is 19.8 Å². The number of aromatic nitrogens is 1. The van der Waals surface area contributed by atoms with Crippen LogP contribution in [0, 0.1) is 0 Å². The van der Waals surface area contributed by atoms with Crippen molar-refractivity contribution < 1.29 is 4.79 Å². The van der Waals surface area contributed by atoms with Gasteiger partial charge in [-0.3, -0.25) is 4.79 Å².